The zero-order valence-electron chi connectivity index (χ0n) is 14.2. The second kappa shape index (κ2) is 6.46. The first kappa shape index (κ1) is 17.5. The van der Waals surface area contributed by atoms with Crippen molar-refractivity contribution in [2.45, 2.75) is 16.0 Å². The van der Waals surface area contributed by atoms with Crippen LogP contribution in [-0.2, 0) is 6.18 Å². The van der Waals surface area contributed by atoms with Crippen LogP contribution in [0.5, 0.6) is 0 Å². The van der Waals surface area contributed by atoms with Crippen molar-refractivity contribution in [3.63, 3.8) is 0 Å². The summed E-state index contributed by atoms with van der Waals surface area (Å²) in [5.41, 5.74) is 2.65. The predicted octanol–water partition coefficient (Wildman–Crippen LogP) is 7.02. The number of benzene rings is 2. The lowest BCUT2D eigenvalue weighted by Crippen LogP contribution is -2.04. The summed E-state index contributed by atoms with van der Waals surface area (Å²) in [6.07, 6.45) is -0.943. The molecule has 3 heterocycles. The molecule has 4 aromatic rings. The van der Waals surface area contributed by atoms with E-state index in [4.69, 9.17) is 4.98 Å². The smallest absolute Gasteiger partial charge is 0.264 e. The monoisotopic (exact) mass is 412 g/mol. The number of fused-ring (bicyclic) bond motifs is 5. The molecule has 0 amide bonds. The second-order valence-corrected chi connectivity index (χ2v) is 8.33. The zero-order valence-corrected chi connectivity index (χ0v) is 15.8. The van der Waals surface area contributed by atoms with Crippen molar-refractivity contribution in [1.29, 1.82) is 0 Å². The summed E-state index contributed by atoms with van der Waals surface area (Å²) in [5, 5.41) is 0.797. The lowest BCUT2D eigenvalue weighted by Gasteiger charge is -2.11. The van der Waals surface area contributed by atoms with Crippen LogP contribution in [0.4, 0.5) is 13.2 Å². The van der Waals surface area contributed by atoms with E-state index in [1.165, 1.54) is 35.2 Å². The highest BCUT2D eigenvalue weighted by molar-refractivity contribution is 7.99. The van der Waals surface area contributed by atoms with Crippen LogP contribution < -0.4 is 0 Å². The largest absolute Gasteiger partial charge is 0.416 e. The number of rotatable bonds is 1. The van der Waals surface area contributed by atoms with Crippen molar-refractivity contribution in [2.75, 3.05) is 0 Å². The van der Waals surface area contributed by atoms with E-state index in [1.807, 2.05) is 36.4 Å². The molecule has 0 aliphatic carbocycles. The van der Waals surface area contributed by atoms with E-state index in [1.54, 1.807) is 12.4 Å². The Labute approximate surface area is 167 Å². The first-order valence-electron chi connectivity index (χ1n) is 8.41. The number of halogens is 3. The minimum atomic E-state index is -4.38. The average molecular weight is 412 g/mol. The molecule has 7 heteroatoms. The highest BCUT2D eigenvalue weighted by atomic mass is 32.2. The highest BCUT2D eigenvalue weighted by Gasteiger charge is 2.32. The summed E-state index contributed by atoms with van der Waals surface area (Å²) in [6, 6.07) is 15.4. The fourth-order valence-corrected chi connectivity index (χ4v) is 5.44. The SMILES string of the molecule is FC(F)(F)c1ccc2c(c1)Sc1ccccc1-c1sc(-c3cccnc3)nc1-2. The second-order valence-electron chi connectivity index (χ2n) is 6.25. The maximum absolute atomic E-state index is 13.2. The number of thiazole rings is 1. The summed E-state index contributed by atoms with van der Waals surface area (Å²) in [6.45, 7) is 0. The fourth-order valence-electron chi connectivity index (χ4n) is 3.14. The molecule has 2 aromatic heterocycles. The van der Waals surface area contributed by atoms with Crippen LogP contribution in [-0.4, -0.2) is 9.97 Å². The molecule has 0 bridgehead atoms. The molecule has 0 atom stereocenters. The van der Waals surface area contributed by atoms with Crippen molar-refractivity contribution in [3.05, 3.63) is 72.6 Å². The van der Waals surface area contributed by atoms with Crippen LogP contribution in [0, 0.1) is 0 Å². The molecule has 138 valence electrons. The molecular weight excluding hydrogens is 401 g/mol. The summed E-state index contributed by atoms with van der Waals surface area (Å²) in [5.74, 6) is 0. The third-order valence-electron chi connectivity index (χ3n) is 4.45. The molecule has 1 aliphatic rings. The normalized spacial score (nSPS) is 12.7. The standard InChI is InChI=1S/C21H11F3N2S2/c22-21(23,24)13-7-8-14-17(10-13)27-16-6-2-1-5-15(16)19-18(14)26-20(28-19)12-4-3-9-25-11-12/h1-11H. The molecule has 1 aliphatic heterocycles. The molecule has 2 nitrogen and oxygen atoms in total. The van der Waals surface area contributed by atoms with Gasteiger partial charge >= 0.3 is 6.18 Å². The first-order valence-corrected chi connectivity index (χ1v) is 10.0. The average Bonchev–Trinajstić information content (AvgIpc) is 3.08. The van der Waals surface area contributed by atoms with Gasteiger partial charge in [0.15, 0.2) is 0 Å². The lowest BCUT2D eigenvalue weighted by molar-refractivity contribution is -0.137. The fraction of sp³-hybridized carbons (Fsp3) is 0.0476. The third-order valence-corrected chi connectivity index (χ3v) is 6.72. The molecule has 28 heavy (non-hydrogen) atoms. The van der Waals surface area contributed by atoms with Crippen LogP contribution in [0.25, 0.3) is 32.3 Å². The van der Waals surface area contributed by atoms with Crippen LogP contribution >= 0.6 is 23.1 Å². The van der Waals surface area contributed by atoms with E-state index in [0.29, 0.717) is 10.6 Å². The Balaban J connectivity index is 1.77. The number of pyridine rings is 1. The minimum absolute atomic E-state index is 0.559. The van der Waals surface area contributed by atoms with Crippen LogP contribution in [0.1, 0.15) is 5.56 Å². The number of hydrogen-bond acceptors (Lipinski definition) is 4. The number of hydrogen-bond donors (Lipinski definition) is 0. The van der Waals surface area contributed by atoms with Gasteiger partial charge in [-0.05, 0) is 30.3 Å². The maximum Gasteiger partial charge on any atom is 0.416 e. The van der Waals surface area contributed by atoms with Crippen LogP contribution in [0.3, 0.4) is 0 Å². The Morgan fingerprint density at radius 2 is 1.71 bits per heavy atom. The Morgan fingerprint density at radius 3 is 2.50 bits per heavy atom. The van der Waals surface area contributed by atoms with Gasteiger partial charge in [0, 0.05) is 38.9 Å². The van der Waals surface area contributed by atoms with E-state index in [9.17, 15) is 13.2 Å². The van der Waals surface area contributed by atoms with Crippen molar-refractivity contribution in [2.24, 2.45) is 0 Å². The van der Waals surface area contributed by atoms with Gasteiger partial charge in [-0.1, -0.05) is 36.0 Å². The van der Waals surface area contributed by atoms with E-state index >= 15 is 0 Å². The van der Waals surface area contributed by atoms with Gasteiger partial charge in [0.05, 0.1) is 16.1 Å². The summed E-state index contributed by atoms with van der Waals surface area (Å²) in [7, 11) is 0. The van der Waals surface area contributed by atoms with Gasteiger partial charge < -0.3 is 0 Å². The van der Waals surface area contributed by atoms with E-state index in [-0.39, 0.29) is 0 Å². The first-order chi connectivity index (χ1) is 13.5. The van der Waals surface area contributed by atoms with E-state index in [2.05, 4.69) is 4.98 Å². The Hall–Kier alpha value is -2.64. The maximum atomic E-state index is 13.2. The summed E-state index contributed by atoms with van der Waals surface area (Å²) < 4.78 is 39.7. The van der Waals surface area contributed by atoms with Gasteiger partial charge in [-0.3, -0.25) is 4.98 Å². The van der Waals surface area contributed by atoms with Gasteiger partial charge in [0.2, 0.25) is 0 Å². The Morgan fingerprint density at radius 1 is 0.857 bits per heavy atom. The molecule has 5 rings (SSSR count). The predicted molar refractivity (Wildman–Crippen MR) is 105 cm³/mol. The Kier molecular flexibility index (Phi) is 4.03. The van der Waals surface area contributed by atoms with Gasteiger partial charge in [0.1, 0.15) is 5.01 Å². The summed E-state index contributed by atoms with van der Waals surface area (Å²) >= 11 is 2.88. The molecule has 0 N–H and O–H groups in total. The molecule has 0 unspecified atom stereocenters. The quantitative estimate of drug-likeness (QED) is 0.296. The van der Waals surface area contributed by atoms with E-state index < -0.39 is 11.7 Å². The number of aromatic nitrogens is 2. The molecular formula is C21H11F3N2S2. The van der Waals surface area contributed by atoms with Crippen molar-refractivity contribution >= 4 is 23.1 Å². The lowest BCUT2D eigenvalue weighted by atomic mass is 10.0. The highest BCUT2D eigenvalue weighted by Crippen LogP contribution is 2.51. The number of alkyl halides is 3. The minimum Gasteiger partial charge on any atom is -0.264 e. The molecule has 0 saturated carbocycles. The van der Waals surface area contributed by atoms with E-state index in [0.717, 1.165) is 37.5 Å². The Bertz CT molecular complexity index is 1180. The summed E-state index contributed by atoms with van der Waals surface area (Å²) in [4.78, 5) is 11.4. The molecule has 0 saturated heterocycles. The molecule has 0 spiro atoms. The van der Waals surface area contributed by atoms with Gasteiger partial charge in [0.25, 0.3) is 0 Å². The van der Waals surface area contributed by atoms with Crippen molar-refractivity contribution < 1.29 is 13.2 Å². The van der Waals surface area contributed by atoms with Crippen LogP contribution in [0.15, 0.2) is 76.8 Å². The molecule has 0 radical (unpaired) electrons. The molecule has 2 aromatic carbocycles. The number of nitrogens with zero attached hydrogens (tertiary/aromatic N) is 2. The van der Waals surface area contributed by atoms with Crippen molar-refractivity contribution in [3.8, 4) is 32.3 Å². The van der Waals surface area contributed by atoms with Gasteiger partial charge in [-0.25, -0.2) is 4.98 Å². The third kappa shape index (κ3) is 2.91. The van der Waals surface area contributed by atoms with Gasteiger partial charge in [-0.15, -0.1) is 11.3 Å². The topological polar surface area (TPSA) is 25.8 Å². The zero-order chi connectivity index (χ0) is 19.3. The molecule has 0 fully saturated rings. The van der Waals surface area contributed by atoms with Crippen molar-refractivity contribution in [1.82, 2.24) is 9.97 Å². The van der Waals surface area contributed by atoms with Gasteiger partial charge in [-0.2, -0.15) is 13.2 Å². The van der Waals surface area contributed by atoms with Crippen LogP contribution in [0.2, 0.25) is 0 Å².